The first-order valence-corrected chi connectivity index (χ1v) is 14.1. The van der Waals surface area contributed by atoms with Crippen LogP contribution >= 0.6 is 0 Å². The van der Waals surface area contributed by atoms with Crippen molar-refractivity contribution in [2.45, 2.75) is 33.5 Å². The van der Waals surface area contributed by atoms with Gasteiger partial charge in [0.15, 0.2) is 11.5 Å². The monoisotopic (exact) mass is 576 g/mol. The molecule has 1 aromatic heterocycles. The molecule has 0 aliphatic carbocycles. The first kappa shape index (κ1) is 29.2. The van der Waals surface area contributed by atoms with Crippen molar-refractivity contribution in [1.29, 1.82) is 10.5 Å². The normalized spacial score (nSPS) is 11.7. The number of aromatic nitrogens is 1. The summed E-state index contributed by atoms with van der Waals surface area (Å²) in [6, 6.07) is 19.4. The van der Waals surface area contributed by atoms with E-state index in [1.54, 1.807) is 12.3 Å². The number of benzene rings is 3. The number of fused-ring (bicyclic) bond motifs is 1. The molecule has 0 amide bonds. The average Bonchev–Trinajstić information content (AvgIpc) is 3.05. The Balaban J connectivity index is 1.44. The molecule has 1 aliphatic heterocycles. The fraction of sp³-hybridized carbons (Fsp3) is 0.265. The Morgan fingerprint density at radius 2 is 1.77 bits per heavy atom. The average molecular weight is 577 g/mol. The van der Waals surface area contributed by atoms with Gasteiger partial charge in [0.25, 0.3) is 0 Å². The summed E-state index contributed by atoms with van der Waals surface area (Å²) in [4.78, 5) is 4.12. The number of nitrogens with one attached hydrogen (secondary N) is 1. The maximum atomic E-state index is 10.2. The standard InChI is InChI=1S/C34H32N4O5/c1-3-27-22(2)31(15-33(34(27)38-9-10-39)42-20-24-13-23(16-35)18-37-19-24)43-21-26-5-4-6-28(29(26)17-36)25-7-8-30-32(14-25)41-12-11-40-30/h4-8,13-15,18-19,38-39H,3,9-12,20-21H2,1-2H3. The van der Waals surface area contributed by atoms with Crippen molar-refractivity contribution in [3.05, 3.63) is 94.3 Å². The molecule has 0 saturated heterocycles. The van der Waals surface area contributed by atoms with Crippen molar-refractivity contribution >= 4 is 5.69 Å². The van der Waals surface area contributed by atoms with E-state index in [2.05, 4.69) is 22.4 Å². The lowest BCUT2D eigenvalue weighted by atomic mass is 9.96. The van der Waals surface area contributed by atoms with Crippen molar-refractivity contribution in [3.63, 3.8) is 0 Å². The first-order chi connectivity index (χ1) is 21.1. The Bertz CT molecular complexity index is 1710. The van der Waals surface area contributed by atoms with Crippen molar-refractivity contribution < 1.29 is 24.1 Å². The van der Waals surface area contributed by atoms with Crippen LogP contribution in [0.5, 0.6) is 23.0 Å². The molecule has 2 N–H and O–H groups in total. The lowest BCUT2D eigenvalue weighted by Gasteiger charge is -2.22. The van der Waals surface area contributed by atoms with Crippen molar-refractivity contribution in [3.8, 4) is 46.3 Å². The van der Waals surface area contributed by atoms with E-state index >= 15 is 0 Å². The predicted octanol–water partition coefficient (Wildman–Crippen LogP) is 5.70. The Labute approximate surface area is 250 Å². The minimum atomic E-state index is -0.0370. The number of aliphatic hydroxyl groups excluding tert-OH is 1. The van der Waals surface area contributed by atoms with E-state index in [9.17, 15) is 15.6 Å². The van der Waals surface area contributed by atoms with Gasteiger partial charge in [-0.1, -0.05) is 31.2 Å². The van der Waals surface area contributed by atoms with Crippen molar-refractivity contribution in [2.24, 2.45) is 0 Å². The highest BCUT2D eigenvalue weighted by molar-refractivity contribution is 5.74. The van der Waals surface area contributed by atoms with Gasteiger partial charge in [-0.3, -0.25) is 4.98 Å². The lowest BCUT2D eigenvalue weighted by Crippen LogP contribution is -2.15. The highest BCUT2D eigenvalue weighted by atomic mass is 16.6. The number of rotatable bonds is 11. The smallest absolute Gasteiger partial charge is 0.161 e. The molecule has 3 aromatic carbocycles. The van der Waals surface area contributed by atoms with E-state index < -0.39 is 0 Å². The molecule has 9 heteroatoms. The summed E-state index contributed by atoms with van der Waals surface area (Å²) in [5.74, 6) is 2.53. The van der Waals surface area contributed by atoms with Crippen LogP contribution in [0.1, 0.15) is 40.3 Å². The summed E-state index contributed by atoms with van der Waals surface area (Å²) in [5.41, 5.74) is 6.83. The minimum Gasteiger partial charge on any atom is -0.488 e. The molecule has 1 aliphatic rings. The van der Waals surface area contributed by atoms with Gasteiger partial charge in [0.1, 0.15) is 50.1 Å². The highest BCUT2D eigenvalue weighted by Gasteiger charge is 2.19. The molecular weight excluding hydrogens is 544 g/mol. The SMILES string of the molecule is CCc1c(C)c(OCc2cccc(-c3ccc4c(c3)OCCO4)c2C#N)cc(OCc2cncc(C#N)c2)c1NCCO. The minimum absolute atomic E-state index is 0.0370. The lowest BCUT2D eigenvalue weighted by molar-refractivity contribution is 0.171. The van der Waals surface area contributed by atoms with E-state index in [0.717, 1.165) is 39.1 Å². The second kappa shape index (κ2) is 13.6. The Hall–Kier alpha value is -5.25. The third-order valence-corrected chi connectivity index (χ3v) is 7.22. The summed E-state index contributed by atoms with van der Waals surface area (Å²) in [6.07, 6.45) is 3.86. The predicted molar refractivity (Wildman–Crippen MR) is 161 cm³/mol. The molecule has 218 valence electrons. The van der Waals surface area contributed by atoms with Gasteiger partial charge in [-0.05, 0) is 53.8 Å². The largest absolute Gasteiger partial charge is 0.488 e. The van der Waals surface area contributed by atoms with Crippen LogP contribution in [0.2, 0.25) is 0 Å². The van der Waals surface area contributed by atoms with Gasteiger partial charge >= 0.3 is 0 Å². The molecule has 0 unspecified atom stereocenters. The third kappa shape index (κ3) is 6.48. The number of pyridine rings is 1. The molecule has 4 aromatic rings. The second-order valence-corrected chi connectivity index (χ2v) is 9.94. The molecular formula is C34H32N4O5. The molecule has 0 atom stereocenters. The fourth-order valence-corrected chi connectivity index (χ4v) is 5.11. The van der Waals surface area contributed by atoms with Gasteiger partial charge in [-0.2, -0.15) is 10.5 Å². The summed E-state index contributed by atoms with van der Waals surface area (Å²) in [6.45, 7) is 5.71. The second-order valence-electron chi connectivity index (χ2n) is 9.94. The van der Waals surface area contributed by atoms with Gasteiger partial charge in [0.05, 0.1) is 23.4 Å². The molecule has 0 bridgehead atoms. The number of anilines is 1. The molecule has 9 nitrogen and oxygen atoms in total. The zero-order chi connectivity index (χ0) is 30.2. The molecule has 5 rings (SSSR count). The molecule has 0 fully saturated rings. The van der Waals surface area contributed by atoms with Crippen LogP contribution in [0, 0.1) is 29.6 Å². The van der Waals surface area contributed by atoms with Crippen molar-refractivity contribution in [1.82, 2.24) is 4.98 Å². The summed E-state index contributed by atoms with van der Waals surface area (Å²) < 4.78 is 24.0. The molecule has 43 heavy (non-hydrogen) atoms. The van der Waals surface area contributed by atoms with Crippen LogP contribution in [0.25, 0.3) is 11.1 Å². The topological polar surface area (TPSA) is 130 Å². The van der Waals surface area contributed by atoms with Crippen molar-refractivity contribution in [2.75, 3.05) is 31.7 Å². The van der Waals surface area contributed by atoms with E-state index in [0.29, 0.717) is 60.3 Å². The van der Waals surface area contributed by atoms with Gasteiger partial charge in [-0.15, -0.1) is 0 Å². The van der Waals surface area contributed by atoms with Gasteiger partial charge < -0.3 is 29.4 Å². The number of aliphatic hydroxyl groups is 1. The molecule has 0 spiro atoms. The van der Waals surface area contributed by atoms with Crippen LogP contribution in [0.15, 0.2) is 60.9 Å². The Kier molecular flexibility index (Phi) is 9.26. The number of ether oxygens (including phenoxy) is 4. The van der Waals surface area contributed by atoms with Gasteiger partial charge in [0, 0.05) is 36.1 Å². The Morgan fingerprint density at radius 3 is 2.53 bits per heavy atom. The zero-order valence-corrected chi connectivity index (χ0v) is 24.1. The quantitative estimate of drug-likeness (QED) is 0.231. The Morgan fingerprint density at radius 1 is 0.953 bits per heavy atom. The molecule has 0 saturated carbocycles. The number of hydrogen-bond donors (Lipinski definition) is 2. The molecule has 0 radical (unpaired) electrons. The van der Waals surface area contributed by atoms with E-state index in [-0.39, 0.29) is 19.8 Å². The highest BCUT2D eigenvalue weighted by Crippen LogP contribution is 2.40. The van der Waals surface area contributed by atoms with Crippen LogP contribution in [0.3, 0.4) is 0 Å². The summed E-state index contributed by atoms with van der Waals surface area (Å²) in [5, 5.41) is 32.2. The third-order valence-electron chi connectivity index (χ3n) is 7.22. The zero-order valence-electron chi connectivity index (χ0n) is 24.1. The van der Waals surface area contributed by atoms with Crippen LogP contribution < -0.4 is 24.3 Å². The van der Waals surface area contributed by atoms with E-state index in [1.165, 1.54) is 6.20 Å². The van der Waals surface area contributed by atoms with E-state index in [4.69, 9.17) is 18.9 Å². The number of nitriles is 2. The molecule has 2 heterocycles. The van der Waals surface area contributed by atoms with Gasteiger partial charge in [0.2, 0.25) is 0 Å². The van der Waals surface area contributed by atoms with Crippen LogP contribution in [-0.4, -0.2) is 36.5 Å². The van der Waals surface area contributed by atoms with Crippen LogP contribution in [0.4, 0.5) is 5.69 Å². The summed E-state index contributed by atoms with van der Waals surface area (Å²) >= 11 is 0. The fourth-order valence-electron chi connectivity index (χ4n) is 5.11. The number of hydrogen-bond acceptors (Lipinski definition) is 9. The van der Waals surface area contributed by atoms with Gasteiger partial charge in [-0.25, -0.2) is 0 Å². The first-order valence-electron chi connectivity index (χ1n) is 14.1. The van der Waals surface area contributed by atoms with E-state index in [1.807, 2.05) is 56.3 Å². The van der Waals surface area contributed by atoms with Crippen LogP contribution in [-0.2, 0) is 19.6 Å². The maximum absolute atomic E-state index is 10.2. The number of nitrogens with zero attached hydrogens (tertiary/aromatic N) is 3. The maximum Gasteiger partial charge on any atom is 0.161 e. The summed E-state index contributed by atoms with van der Waals surface area (Å²) in [7, 11) is 0.